The molecule has 92 valence electrons. The first kappa shape index (κ1) is 12.7. The van der Waals surface area contributed by atoms with Crippen molar-refractivity contribution in [2.45, 2.75) is 32.6 Å². The summed E-state index contributed by atoms with van der Waals surface area (Å²) in [7, 11) is 0. The third kappa shape index (κ3) is 2.75. The summed E-state index contributed by atoms with van der Waals surface area (Å²) in [5.74, 6) is 1.06. The van der Waals surface area contributed by atoms with Gasteiger partial charge in [-0.1, -0.05) is 42.1 Å². The first-order valence-corrected chi connectivity index (χ1v) is 6.64. The van der Waals surface area contributed by atoms with E-state index in [1.54, 1.807) is 0 Å². The minimum absolute atomic E-state index is 0.391. The molecular weight excluding hydrogens is 255 g/mol. The third-order valence-electron chi connectivity index (χ3n) is 3.27. The Morgan fingerprint density at radius 1 is 1.29 bits per heavy atom. The van der Waals surface area contributed by atoms with Crippen molar-refractivity contribution in [1.29, 1.82) is 0 Å². The number of halogens is 2. The zero-order valence-corrected chi connectivity index (χ0v) is 11.4. The fourth-order valence-electron chi connectivity index (χ4n) is 2.19. The standard InChI is InChI=1S/C13H16Cl2N2/c1-8-6-7-10(14)12(11(8)15)17-13(16)9-4-2-3-5-9/h6-7,9H,2-5H2,1H3,(H2,16,17). The molecular formula is C13H16Cl2N2. The molecule has 1 aromatic carbocycles. The Morgan fingerprint density at radius 2 is 1.94 bits per heavy atom. The molecule has 17 heavy (non-hydrogen) atoms. The summed E-state index contributed by atoms with van der Waals surface area (Å²) in [5.41, 5.74) is 7.61. The van der Waals surface area contributed by atoms with Crippen molar-refractivity contribution in [3.8, 4) is 0 Å². The number of benzene rings is 1. The van der Waals surface area contributed by atoms with Gasteiger partial charge in [0.1, 0.15) is 11.5 Å². The highest BCUT2D eigenvalue weighted by Crippen LogP contribution is 2.36. The van der Waals surface area contributed by atoms with Crippen LogP contribution in [0.25, 0.3) is 0 Å². The van der Waals surface area contributed by atoms with Crippen LogP contribution in [-0.4, -0.2) is 5.84 Å². The van der Waals surface area contributed by atoms with E-state index >= 15 is 0 Å². The molecule has 1 aliphatic carbocycles. The minimum atomic E-state index is 0.391. The SMILES string of the molecule is Cc1ccc(Cl)c(N=C(N)C2CCCC2)c1Cl. The molecule has 2 rings (SSSR count). The van der Waals surface area contributed by atoms with Gasteiger partial charge in [0.15, 0.2) is 0 Å². The molecule has 0 heterocycles. The molecule has 2 nitrogen and oxygen atoms in total. The number of nitrogens with two attached hydrogens (primary N) is 1. The third-order valence-corrected chi connectivity index (χ3v) is 4.06. The van der Waals surface area contributed by atoms with E-state index in [0.717, 1.165) is 18.4 Å². The molecule has 4 heteroatoms. The quantitative estimate of drug-likeness (QED) is 0.625. The number of hydrogen-bond acceptors (Lipinski definition) is 1. The lowest BCUT2D eigenvalue weighted by molar-refractivity contribution is 0.722. The van der Waals surface area contributed by atoms with Gasteiger partial charge in [0, 0.05) is 5.92 Å². The molecule has 0 spiro atoms. The molecule has 1 aromatic rings. The molecule has 0 saturated heterocycles. The van der Waals surface area contributed by atoms with E-state index in [9.17, 15) is 0 Å². The van der Waals surface area contributed by atoms with Crippen molar-refractivity contribution in [2.75, 3.05) is 0 Å². The van der Waals surface area contributed by atoms with Crippen LogP contribution in [0.5, 0.6) is 0 Å². The van der Waals surface area contributed by atoms with Gasteiger partial charge in [0.05, 0.1) is 10.0 Å². The van der Waals surface area contributed by atoms with Gasteiger partial charge in [-0.05, 0) is 31.4 Å². The second-order valence-electron chi connectivity index (χ2n) is 4.54. The largest absolute Gasteiger partial charge is 0.387 e. The molecule has 1 fully saturated rings. The number of aliphatic imine (C=N–C) groups is 1. The Hall–Kier alpha value is -0.730. The van der Waals surface area contributed by atoms with Crippen LogP contribution in [0, 0.1) is 12.8 Å². The smallest absolute Gasteiger partial charge is 0.103 e. The van der Waals surface area contributed by atoms with Crippen LogP contribution < -0.4 is 5.73 Å². The Labute approximate surface area is 112 Å². The van der Waals surface area contributed by atoms with Crippen LogP contribution >= 0.6 is 23.2 Å². The molecule has 0 aliphatic heterocycles. The Kier molecular flexibility index (Phi) is 3.95. The topological polar surface area (TPSA) is 38.4 Å². The van der Waals surface area contributed by atoms with Crippen molar-refractivity contribution in [3.63, 3.8) is 0 Å². The summed E-state index contributed by atoms with van der Waals surface area (Å²) in [4.78, 5) is 4.43. The van der Waals surface area contributed by atoms with Crippen molar-refractivity contribution in [3.05, 3.63) is 27.7 Å². The van der Waals surface area contributed by atoms with E-state index in [4.69, 9.17) is 28.9 Å². The summed E-state index contributed by atoms with van der Waals surface area (Å²) in [6.45, 7) is 1.93. The lowest BCUT2D eigenvalue weighted by atomic mass is 10.1. The Bertz CT molecular complexity index is 449. The maximum atomic E-state index is 6.20. The predicted molar refractivity (Wildman–Crippen MR) is 74.4 cm³/mol. The first-order valence-electron chi connectivity index (χ1n) is 5.88. The number of amidine groups is 1. The van der Waals surface area contributed by atoms with Crippen molar-refractivity contribution < 1.29 is 0 Å². The fraction of sp³-hybridized carbons (Fsp3) is 0.462. The van der Waals surface area contributed by atoms with Crippen molar-refractivity contribution in [2.24, 2.45) is 16.6 Å². The van der Waals surface area contributed by atoms with E-state index < -0.39 is 0 Å². The van der Waals surface area contributed by atoms with E-state index in [-0.39, 0.29) is 0 Å². The number of hydrogen-bond donors (Lipinski definition) is 1. The zero-order valence-electron chi connectivity index (χ0n) is 9.84. The average molecular weight is 271 g/mol. The van der Waals surface area contributed by atoms with Crippen molar-refractivity contribution >= 4 is 34.7 Å². The zero-order chi connectivity index (χ0) is 12.4. The van der Waals surface area contributed by atoms with Gasteiger partial charge in [-0.2, -0.15) is 0 Å². The Balaban J connectivity index is 2.34. The molecule has 0 aromatic heterocycles. The second-order valence-corrected chi connectivity index (χ2v) is 5.33. The van der Waals surface area contributed by atoms with Gasteiger partial charge in [-0.3, -0.25) is 0 Å². The van der Waals surface area contributed by atoms with Gasteiger partial charge in [-0.25, -0.2) is 4.99 Å². The van der Waals surface area contributed by atoms with Gasteiger partial charge in [0.2, 0.25) is 0 Å². The highest BCUT2D eigenvalue weighted by atomic mass is 35.5. The van der Waals surface area contributed by atoms with Gasteiger partial charge in [-0.15, -0.1) is 0 Å². The summed E-state index contributed by atoms with van der Waals surface area (Å²) in [5, 5.41) is 1.15. The molecule has 1 saturated carbocycles. The predicted octanol–water partition coefficient (Wildman–Crippen LogP) is 4.48. The van der Waals surface area contributed by atoms with Gasteiger partial charge < -0.3 is 5.73 Å². The summed E-state index contributed by atoms with van der Waals surface area (Å²) < 4.78 is 0. The number of nitrogens with zero attached hydrogens (tertiary/aromatic N) is 1. The van der Waals surface area contributed by atoms with Crippen LogP contribution in [0.4, 0.5) is 5.69 Å². The molecule has 0 radical (unpaired) electrons. The van der Waals surface area contributed by atoms with Gasteiger partial charge >= 0.3 is 0 Å². The van der Waals surface area contributed by atoms with E-state index in [1.165, 1.54) is 12.8 Å². The van der Waals surface area contributed by atoms with Crippen LogP contribution in [0.1, 0.15) is 31.2 Å². The summed E-state index contributed by atoms with van der Waals surface area (Å²) in [6, 6.07) is 3.69. The summed E-state index contributed by atoms with van der Waals surface area (Å²) >= 11 is 12.3. The van der Waals surface area contributed by atoms with Crippen LogP contribution in [0.3, 0.4) is 0 Å². The highest BCUT2D eigenvalue weighted by Gasteiger charge is 2.19. The van der Waals surface area contributed by atoms with Gasteiger partial charge in [0.25, 0.3) is 0 Å². The maximum absolute atomic E-state index is 6.20. The van der Waals surface area contributed by atoms with Crippen LogP contribution in [-0.2, 0) is 0 Å². The molecule has 0 atom stereocenters. The van der Waals surface area contributed by atoms with E-state index in [0.29, 0.717) is 27.5 Å². The molecule has 0 amide bonds. The second kappa shape index (κ2) is 5.28. The van der Waals surface area contributed by atoms with E-state index in [2.05, 4.69) is 4.99 Å². The molecule has 0 bridgehead atoms. The lowest BCUT2D eigenvalue weighted by Crippen LogP contribution is -2.20. The van der Waals surface area contributed by atoms with Crippen LogP contribution in [0.15, 0.2) is 17.1 Å². The van der Waals surface area contributed by atoms with Crippen molar-refractivity contribution in [1.82, 2.24) is 0 Å². The maximum Gasteiger partial charge on any atom is 0.103 e. The Morgan fingerprint density at radius 3 is 2.59 bits per heavy atom. The summed E-state index contributed by atoms with van der Waals surface area (Å²) in [6.07, 6.45) is 4.71. The first-order chi connectivity index (χ1) is 8.09. The molecule has 1 aliphatic rings. The lowest BCUT2D eigenvalue weighted by Gasteiger charge is -2.10. The van der Waals surface area contributed by atoms with E-state index in [1.807, 2.05) is 19.1 Å². The van der Waals surface area contributed by atoms with Crippen LogP contribution in [0.2, 0.25) is 10.0 Å². The fourth-order valence-corrected chi connectivity index (χ4v) is 2.64. The molecule has 0 unspecified atom stereocenters. The minimum Gasteiger partial charge on any atom is -0.387 e. The number of aryl methyl sites for hydroxylation is 1. The average Bonchev–Trinajstić information content (AvgIpc) is 2.83. The monoisotopic (exact) mass is 270 g/mol. The molecule has 2 N–H and O–H groups in total. The highest BCUT2D eigenvalue weighted by molar-refractivity contribution is 6.39. The normalized spacial score (nSPS) is 17.7. The number of rotatable bonds is 2.